The summed E-state index contributed by atoms with van der Waals surface area (Å²) < 4.78 is 24.3. The normalized spacial score (nSPS) is 22.1. The minimum absolute atomic E-state index is 0.0594. The highest BCUT2D eigenvalue weighted by molar-refractivity contribution is 7.91. The van der Waals surface area contributed by atoms with Crippen LogP contribution in [0.15, 0.2) is 42.5 Å². The van der Waals surface area contributed by atoms with Gasteiger partial charge >= 0.3 is 0 Å². The van der Waals surface area contributed by atoms with E-state index in [1.165, 1.54) is 0 Å². The minimum Gasteiger partial charge on any atom is -0.507 e. The number of aryl methyl sites for hydroxylation is 1. The zero-order valence-electron chi connectivity index (χ0n) is 16.7. The number of hydrogen-bond donors (Lipinski definition) is 2. The standard InChI is InChI=1S/C22H20ClN3O4S/c1-12-2-7-17(27)16(10-12)19-18-20(25-24-19)22(28)26(15-8-9-31(29,30)11-15)21(18)13-3-5-14(23)6-4-13/h2-7,10,15,21,27H,8-9,11H2,1H3,(H,24,25). The average Bonchev–Trinajstić information content (AvgIpc) is 3.38. The Morgan fingerprint density at radius 2 is 1.94 bits per heavy atom. The SMILES string of the molecule is Cc1ccc(O)c(-c2n[nH]c3c2C(c2ccc(Cl)cc2)N(C2CCS(=O)(=O)C2)C3=O)c1. The first-order chi connectivity index (χ1) is 14.7. The molecule has 0 saturated carbocycles. The Kier molecular flexibility index (Phi) is 4.60. The Bertz CT molecular complexity index is 1300. The Balaban J connectivity index is 1.70. The number of sulfone groups is 1. The molecule has 2 unspecified atom stereocenters. The number of halogens is 1. The highest BCUT2D eigenvalue weighted by atomic mass is 35.5. The predicted octanol–water partition coefficient (Wildman–Crippen LogP) is 3.48. The van der Waals surface area contributed by atoms with E-state index in [0.29, 0.717) is 34.0 Å². The Morgan fingerprint density at radius 1 is 1.19 bits per heavy atom. The van der Waals surface area contributed by atoms with Gasteiger partial charge in [0.05, 0.1) is 17.5 Å². The summed E-state index contributed by atoms with van der Waals surface area (Å²) in [7, 11) is -3.19. The van der Waals surface area contributed by atoms with Gasteiger partial charge < -0.3 is 10.0 Å². The number of rotatable bonds is 3. The molecule has 160 valence electrons. The molecule has 2 aromatic carbocycles. The van der Waals surface area contributed by atoms with Crippen LogP contribution in [0.2, 0.25) is 5.02 Å². The van der Waals surface area contributed by atoms with Crippen LogP contribution in [-0.4, -0.2) is 52.1 Å². The molecule has 7 nitrogen and oxygen atoms in total. The van der Waals surface area contributed by atoms with Crippen LogP contribution in [-0.2, 0) is 9.84 Å². The summed E-state index contributed by atoms with van der Waals surface area (Å²) in [6, 6.07) is 11.4. The number of hydrogen-bond acceptors (Lipinski definition) is 5. The van der Waals surface area contributed by atoms with Gasteiger partial charge in [0, 0.05) is 22.2 Å². The molecule has 0 aliphatic carbocycles. The third kappa shape index (κ3) is 3.30. The quantitative estimate of drug-likeness (QED) is 0.626. The maximum Gasteiger partial charge on any atom is 0.273 e. The van der Waals surface area contributed by atoms with Crippen molar-refractivity contribution in [2.45, 2.75) is 25.4 Å². The second-order valence-corrected chi connectivity index (χ2v) is 10.8. The second kappa shape index (κ2) is 7.10. The number of phenolic OH excluding ortho intramolecular Hbond substituents is 1. The van der Waals surface area contributed by atoms with Crippen molar-refractivity contribution in [2.24, 2.45) is 0 Å². The molecular formula is C22H20ClN3O4S. The zero-order valence-corrected chi connectivity index (χ0v) is 18.2. The molecule has 5 rings (SSSR count). The van der Waals surface area contributed by atoms with Crippen LogP contribution >= 0.6 is 11.6 Å². The molecule has 2 atom stereocenters. The number of benzene rings is 2. The fourth-order valence-electron chi connectivity index (χ4n) is 4.55. The molecule has 1 amide bonds. The second-order valence-electron chi connectivity index (χ2n) is 8.10. The number of carbonyl (C=O) groups excluding carboxylic acids is 1. The first-order valence-electron chi connectivity index (χ1n) is 9.92. The lowest BCUT2D eigenvalue weighted by Crippen LogP contribution is -2.40. The van der Waals surface area contributed by atoms with Crippen LogP contribution in [0.5, 0.6) is 5.75 Å². The molecule has 2 aliphatic rings. The third-order valence-corrected chi connectivity index (χ3v) is 8.00. The van der Waals surface area contributed by atoms with Gasteiger partial charge in [0.25, 0.3) is 5.91 Å². The van der Waals surface area contributed by atoms with Crippen molar-refractivity contribution < 1.29 is 18.3 Å². The lowest BCUT2D eigenvalue weighted by Gasteiger charge is -2.31. The number of aromatic nitrogens is 2. The summed E-state index contributed by atoms with van der Waals surface area (Å²) >= 11 is 6.08. The molecule has 0 bridgehead atoms. The lowest BCUT2D eigenvalue weighted by molar-refractivity contribution is 0.0678. The lowest BCUT2D eigenvalue weighted by atomic mass is 9.94. The van der Waals surface area contributed by atoms with Gasteiger partial charge in [-0.1, -0.05) is 35.4 Å². The number of aromatic amines is 1. The Hall–Kier alpha value is -2.84. The third-order valence-electron chi connectivity index (χ3n) is 6.00. The van der Waals surface area contributed by atoms with E-state index in [2.05, 4.69) is 10.2 Å². The molecule has 2 N–H and O–H groups in total. The number of phenols is 1. The summed E-state index contributed by atoms with van der Waals surface area (Å²) in [5.74, 6) is -0.232. The highest BCUT2D eigenvalue weighted by Crippen LogP contribution is 2.46. The minimum atomic E-state index is -3.19. The van der Waals surface area contributed by atoms with E-state index in [4.69, 9.17) is 11.6 Å². The largest absolute Gasteiger partial charge is 0.507 e. The molecular weight excluding hydrogens is 438 g/mol. The van der Waals surface area contributed by atoms with Gasteiger partial charge in [-0.15, -0.1) is 0 Å². The van der Waals surface area contributed by atoms with E-state index in [1.807, 2.05) is 25.1 Å². The van der Waals surface area contributed by atoms with E-state index in [-0.39, 0.29) is 23.2 Å². The molecule has 3 heterocycles. The zero-order chi connectivity index (χ0) is 21.9. The molecule has 3 aromatic rings. The maximum atomic E-state index is 13.4. The van der Waals surface area contributed by atoms with E-state index in [0.717, 1.165) is 11.1 Å². The van der Waals surface area contributed by atoms with Crippen molar-refractivity contribution in [1.82, 2.24) is 15.1 Å². The smallest absolute Gasteiger partial charge is 0.273 e. The molecule has 9 heteroatoms. The molecule has 1 fully saturated rings. The Morgan fingerprint density at radius 3 is 2.61 bits per heavy atom. The molecule has 0 radical (unpaired) electrons. The van der Waals surface area contributed by atoms with Crippen molar-refractivity contribution in [1.29, 1.82) is 0 Å². The summed E-state index contributed by atoms with van der Waals surface area (Å²) in [6.45, 7) is 1.91. The fraction of sp³-hybridized carbons (Fsp3) is 0.273. The highest BCUT2D eigenvalue weighted by Gasteiger charge is 2.48. The number of fused-ring (bicyclic) bond motifs is 1. The van der Waals surface area contributed by atoms with E-state index in [1.54, 1.807) is 29.2 Å². The molecule has 1 saturated heterocycles. The van der Waals surface area contributed by atoms with Crippen molar-refractivity contribution in [3.63, 3.8) is 0 Å². The number of carbonyl (C=O) groups is 1. The van der Waals surface area contributed by atoms with Gasteiger partial charge in [-0.2, -0.15) is 5.10 Å². The first kappa shape index (κ1) is 20.1. The van der Waals surface area contributed by atoms with Crippen LogP contribution < -0.4 is 0 Å². The predicted molar refractivity (Wildman–Crippen MR) is 117 cm³/mol. The van der Waals surface area contributed by atoms with E-state index >= 15 is 0 Å². The van der Waals surface area contributed by atoms with Crippen molar-refractivity contribution in [3.8, 4) is 17.0 Å². The topological polar surface area (TPSA) is 103 Å². The van der Waals surface area contributed by atoms with Crippen LogP contribution in [0, 0.1) is 6.92 Å². The van der Waals surface area contributed by atoms with Crippen molar-refractivity contribution in [3.05, 3.63) is 69.9 Å². The van der Waals surface area contributed by atoms with Crippen LogP contribution in [0.4, 0.5) is 0 Å². The average molecular weight is 458 g/mol. The van der Waals surface area contributed by atoms with Gasteiger partial charge in [0.2, 0.25) is 0 Å². The Labute approximate surface area is 184 Å². The summed E-state index contributed by atoms with van der Waals surface area (Å²) in [5, 5.41) is 18.3. The van der Waals surface area contributed by atoms with Gasteiger partial charge in [-0.25, -0.2) is 8.42 Å². The van der Waals surface area contributed by atoms with Crippen molar-refractivity contribution in [2.75, 3.05) is 11.5 Å². The number of amides is 1. The fourth-order valence-corrected chi connectivity index (χ4v) is 6.39. The molecule has 1 aromatic heterocycles. The van der Waals surface area contributed by atoms with Gasteiger partial charge in [0.15, 0.2) is 9.84 Å². The van der Waals surface area contributed by atoms with Gasteiger partial charge in [-0.3, -0.25) is 9.89 Å². The van der Waals surface area contributed by atoms with E-state index < -0.39 is 21.9 Å². The molecule has 0 spiro atoms. The number of nitrogens with one attached hydrogen (secondary N) is 1. The van der Waals surface area contributed by atoms with Gasteiger partial charge in [0.1, 0.15) is 17.1 Å². The summed E-state index contributed by atoms with van der Waals surface area (Å²) in [6.07, 6.45) is 0.390. The molecule has 31 heavy (non-hydrogen) atoms. The molecule has 2 aliphatic heterocycles. The van der Waals surface area contributed by atoms with E-state index in [9.17, 15) is 18.3 Å². The number of H-pyrrole nitrogens is 1. The number of nitrogens with zero attached hydrogens (tertiary/aromatic N) is 2. The van der Waals surface area contributed by atoms with Crippen LogP contribution in [0.25, 0.3) is 11.3 Å². The summed E-state index contributed by atoms with van der Waals surface area (Å²) in [4.78, 5) is 15.1. The monoisotopic (exact) mass is 457 g/mol. The van der Waals surface area contributed by atoms with Crippen LogP contribution in [0.3, 0.4) is 0 Å². The van der Waals surface area contributed by atoms with Crippen molar-refractivity contribution >= 4 is 27.3 Å². The number of aromatic hydroxyl groups is 1. The summed E-state index contributed by atoms with van der Waals surface area (Å²) in [5.41, 5.74) is 3.70. The maximum absolute atomic E-state index is 13.4. The van der Waals surface area contributed by atoms with Crippen LogP contribution in [0.1, 0.15) is 39.6 Å². The first-order valence-corrected chi connectivity index (χ1v) is 12.1. The van der Waals surface area contributed by atoms with Gasteiger partial charge in [-0.05, 0) is 43.2 Å².